The van der Waals surface area contributed by atoms with E-state index in [4.69, 9.17) is 0 Å². The van der Waals surface area contributed by atoms with Gasteiger partial charge >= 0.3 is 0 Å². The van der Waals surface area contributed by atoms with Crippen LogP contribution in [0.2, 0.25) is 0 Å². The molecule has 1 aliphatic heterocycles. The Bertz CT molecular complexity index is 1080. The van der Waals surface area contributed by atoms with Gasteiger partial charge in [-0.25, -0.2) is 0 Å². The van der Waals surface area contributed by atoms with Gasteiger partial charge in [0.25, 0.3) is 11.8 Å². The highest BCUT2D eigenvalue weighted by Crippen LogP contribution is 2.31. The lowest BCUT2D eigenvalue weighted by Gasteiger charge is -2.15. The van der Waals surface area contributed by atoms with Crippen molar-refractivity contribution in [2.45, 2.75) is 6.42 Å². The summed E-state index contributed by atoms with van der Waals surface area (Å²) in [7, 11) is 0. The maximum atomic E-state index is 13.2. The van der Waals surface area contributed by atoms with Crippen molar-refractivity contribution in [1.82, 2.24) is 4.90 Å². The van der Waals surface area contributed by atoms with Crippen molar-refractivity contribution in [3.8, 4) is 0 Å². The lowest BCUT2D eigenvalue weighted by molar-refractivity contribution is -0.136. The van der Waals surface area contributed by atoms with Crippen molar-refractivity contribution in [2.24, 2.45) is 0 Å². The number of rotatable bonds is 6. The molecule has 2 amide bonds. The summed E-state index contributed by atoms with van der Waals surface area (Å²) in [5.41, 5.74) is 3.28. The predicted molar refractivity (Wildman–Crippen MR) is 118 cm³/mol. The number of nitrogens with zero attached hydrogens (tertiary/aromatic N) is 1. The minimum absolute atomic E-state index is 0.269. The molecule has 29 heavy (non-hydrogen) atoms. The molecule has 0 aromatic heterocycles. The molecule has 3 aromatic carbocycles. The highest BCUT2D eigenvalue weighted by molar-refractivity contribution is 9.10. The normalized spacial score (nSPS) is 13.9. The molecule has 5 heteroatoms. The van der Waals surface area contributed by atoms with Crippen LogP contribution >= 0.6 is 15.9 Å². The SMILES string of the molecule is O=C1C(Nc2cccc(Br)c2)=C(c2ccccc2)C(=O)N1CCc1ccccc1. The minimum atomic E-state index is -0.301. The van der Waals surface area contributed by atoms with E-state index in [0.29, 0.717) is 24.2 Å². The summed E-state index contributed by atoms with van der Waals surface area (Å²) < 4.78 is 0.891. The van der Waals surface area contributed by atoms with Crippen LogP contribution in [0.3, 0.4) is 0 Å². The van der Waals surface area contributed by atoms with Gasteiger partial charge in [0.2, 0.25) is 0 Å². The summed E-state index contributed by atoms with van der Waals surface area (Å²) in [5.74, 6) is -0.570. The Morgan fingerprint density at radius 1 is 0.793 bits per heavy atom. The van der Waals surface area contributed by atoms with E-state index < -0.39 is 0 Å². The molecule has 0 bridgehead atoms. The fraction of sp³-hybridized carbons (Fsp3) is 0.0833. The quantitative estimate of drug-likeness (QED) is 0.548. The second kappa shape index (κ2) is 8.45. The molecule has 3 aromatic rings. The van der Waals surface area contributed by atoms with Crippen LogP contribution in [0.15, 0.2) is 95.1 Å². The summed E-state index contributed by atoms with van der Waals surface area (Å²) >= 11 is 3.44. The molecule has 1 aliphatic rings. The third kappa shape index (κ3) is 4.15. The van der Waals surface area contributed by atoms with E-state index in [2.05, 4.69) is 21.2 Å². The third-order valence-corrected chi connectivity index (χ3v) is 5.28. The first-order valence-electron chi connectivity index (χ1n) is 9.36. The average Bonchev–Trinajstić information content (AvgIpc) is 2.97. The molecule has 0 saturated carbocycles. The number of halogens is 1. The molecule has 4 rings (SSSR count). The predicted octanol–water partition coefficient (Wildman–Crippen LogP) is 4.88. The maximum absolute atomic E-state index is 13.2. The number of amides is 2. The van der Waals surface area contributed by atoms with Crippen LogP contribution in [0.5, 0.6) is 0 Å². The molecule has 0 fully saturated rings. The first kappa shape index (κ1) is 19.2. The van der Waals surface area contributed by atoms with Gasteiger partial charge in [0.15, 0.2) is 0 Å². The van der Waals surface area contributed by atoms with Gasteiger partial charge in [0.1, 0.15) is 5.70 Å². The number of anilines is 1. The first-order valence-corrected chi connectivity index (χ1v) is 10.1. The van der Waals surface area contributed by atoms with Crippen molar-refractivity contribution in [2.75, 3.05) is 11.9 Å². The molecule has 0 spiro atoms. The lowest BCUT2D eigenvalue weighted by atomic mass is 10.0. The van der Waals surface area contributed by atoms with E-state index in [0.717, 1.165) is 21.3 Å². The second-order valence-electron chi connectivity index (χ2n) is 6.75. The van der Waals surface area contributed by atoms with Crippen LogP contribution in [-0.4, -0.2) is 23.3 Å². The largest absolute Gasteiger partial charge is 0.350 e. The van der Waals surface area contributed by atoms with Gasteiger partial charge in [-0.3, -0.25) is 14.5 Å². The maximum Gasteiger partial charge on any atom is 0.278 e. The summed E-state index contributed by atoms with van der Waals surface area (Å²) in [6.07, 6.45) is 0.616. The summed E-state index contributed by atoms with van der Waals surface area (Å²) in [4.78, 5) is 27.7. The van der Waals surface area contributed by atoms with Crippen molar-refractivity contribution in [3.63, 3.8) is 0 Å². The zero-order valence-corrected chi connectivity index (χ0v) is 17.2. The number of imide groups is 1. The lowest BCUT2D eigenvalue weighted by Crippen LogP contribution is -2.34. The van der Waals surface area contributed by atoms with Crippen molar-refractivity contribution < 1.29 is 9.59 Å². The summed E-state index contributed by atoms with van der Waals surface area (Å²) in [6, 6.07) is 26.7. The Morgan fingerprint density at radius 2 is 1.48 bits per heavy atom. The zero-order chi connectivity index (χ0) is 20.2. The van der Waals surface area contributed by atoms with E-state index in [9.17, 15) is 9.59 Å². The van der Waals surface area contributed by atoms with Gasteiger partial charge in [-0.05, 0) is 35.7 Å². The van der Waals surface area contributed by atoms with Crippen LogP contribution in [0.25, 0.3) is 5.57 Å². The average molecular weight is 447 g/mol. The standard InChI is InChI=1S/C24H19BrN2O2/c25-19-12-7-13-20(16-19)26-22-21(18-10-5-2-6-11-18)23(28)27(24(22)29)15-14-17-8-3-1-4-9-17/h1-13,16,26H,14-15H2. The monoisotopic (exact) mass is 446 g/mol. The van der Waals surface area contributed by atoms with E-state index in [1.165, 1.54) is 4.90 Å². The number of carbonyl (C=O) groups excluding carboxylic acids is 2. The first-order chi connectivity index (χ1) is 14.1. The van der Waals surface area contributed by atoms with Crippen LogP contribution in [0.4, 0.5) is 5.69 Å². The molecule has 4 nitrogen and oxygen atoms in total. The highest BCUT2D eigenvalue weighted by Gasteiger charge is 2.38. The van der Waals surface area contributed by atoms with Gasteiger partial charge in [-0.1, -0.05) is 82.7 Å². The molecule has 1 heterocycles. The van der Waals surface area contributed by atoms with Crippen molar-refractivity contribution >= 4 is 39.0 Å². The number of benzene rings is 3. The van der Waals surface area contributed by atoms with Crippen LogP contribution in [0.1, 0.15) is 11.1 Å². The number of carbonyl (C=O) groups is 2. The molecular weight excluding hydrogens is 428 g/mol. The molecule has 0 radical (unpaired) electrons. The van der Waals surface area contributed by atoms with E-state index in [1.54, 1.807) is 0 Å². The van der Waals surface area contributed by atoms with Gasteiger partial charge in [-0.15, -0.1) is 0 Å². The number of nitrogens with one attached hydrogen (secondary N) is 1. The summed E-state index contributed by atoms with van der Waals surface area (Å²) in [6.45, 7) is 0.335. The molecule has 144 valence electrons. The Kier molecular flexibility index (Phi) is 5.58. The Hall–Kier alpha value is -3.18. The molecule has 1 N–H and O–H groups in total. The van der Waals surface area contributed by atoms with Crippen LogP contribution < -0.4 is 5.32 Å². The zero-order valence-electron chi connectivity index (χ0n) is 15.6. The smallest absolute Gasteiger partial charge is 0.278 e. The van der Waals surface area contributed by atoms with Gasteiger partial charge in [0, 0.05) is 16.7 Å². The second-order valence-corrected chi connectivity index (χ2v) is 7.66. The van der Waals surface area contributed by atoms with Crippen molar-refractivity contribution in [1.29, 1.82) is 0 Å². The third-order valence-electron chi connectivity index (χ3n) is 4.79. The van der Waals surface area contributed by atoms with Crippen LogP contribution in [-0.2, 0) is 16.0 Å². The fourth-order valence-electron chi connectivity index (χ4n) is 3.36. The Balaban J connectivity index is 1.66. The molecule has 0 saturated heterocycles. The van der Waals surface area contributed by atoms with Gasteiger partial charge in [-0.2, -0.15) is 0 Å². The Labute approximate surface area is 178 Å². The summed E-state index contributed by atoms with van der Waals surface area (Å²) in [5, 5.41) is 3.18. The number of hydrogen-bond acceptors (Lipinski definition) is 3. The van der Waals surface area contributed by atoms with E-state index in [-0.39, 0.29) is 11.8 Å². The molecule has 0 unspecified atom stereocenters. The number of hydrogen-bond donors (Lipinski definition) is 1. The Morgan fingerprint density at radius 3 is 2.17 bits per heavy atom. The van der Waals surface area contributed by atoms with Gasteiger partial charge in [0.05, 0.1) is 5.57 Å². The topological polar surface area (TPSA) is 49.4 Å². The van der Waals surface area contributed by atoms with E-state index in [1.807, 2.05) is 84.9 Å². The molecular formula is C24H19BrN2O2. The highest BCUT2D eigenvalue weighted by atomic mass is 79.9. The van der Waals surface area contributed by atoms with Gasteiger partial charge < -0.3 is 5.32 Å². The fourth-order valence-corrected chi connectivity index (χ4v) is 3.76. The molecule has 0 atom stereocenters. The van der Waals surface area contributed by atoms with Crippen molar-refractivity contribution in [3.05, 3.63) is 106 Å². The minimum Gasteiger partial charge on any atom is -0.350 e. The van der Waals surface area contributed by atoms with Crippen LogP contribution in [0, 0.1) is 0 Å². The van der Waals surface area contributed by atoms with E-state index >= 15 is 0 Å². The molecule has 0 aliphatic carbocycles.